The van der Waals surface area contributed by atoms with Crippen molar-refractivity contribution in [3.05, 3.63) is 29.0 Å². The summed E-state index contributed by atoms with van der Waals surface area (Å²) in [6.07, 6.45) is -3.27. The van der Waals surface area contributed by atoms with Crippen LogP contribution in [0.2, 0.25) is 5.02 Å². The predicted octanol–water partition coefficient (Wildman–Crippen LogP) is 0.686. The lowest BCUT2D eigenvalue weighted by Gasteiger charge is -2.09. The molecule has 0 aliphatic heterocycles. The van der Waals surface area contributed by atoms with Crippen LogP contribution in [0, 0.1) is 0 Å². The number of amides is 2. The minimum Gasteiger partial charge on any atom is -0.454 e. The molecular weight excluding hydrogens is 343 g/mol. The molecule has 2 N–H and O–H groups in total. The molecule has 0 aliphatic rings. The molecule has 0 saturated carbocycles. The van der Waals surface area contributed by atoms with Crippen molar-refractivity contribution in [3.63, 3.8) is 0 Å². The van der Waals surface area contributed by atoms with E-state index in [1.807, 2.05) is 0 Å². The van der Waals surface area contributed by atoms with Crippen LogP contribution in [0.25, 0.3) is 0 Å². The first kappa shape index (κ1) is 18.7. The van der Waals surface area contributed by atoms with Gasteiger partial charge in [0.25, 0.3) is 11.8 Å². The first-order valence-corrected chi connectivity index (χ1v) is 6.44. The molecule has 7 nitrogen and oxygen atoms in total. The maximum Gasteiger partial charge on any atom is 0.405 e. The van der Waals surface area contributed by atoms with Crippen molar-refractivity contribution in [2.24, 2.45) is 0 Å². The van der Waals surface area contributed by atoms with Crippen LogP contribution in [0.15, 0.2) is 18.3 Å². The van der Waals surface area contributed by atoms with E-state index in [0.29, 0.717) is 0 Å². The Morgan fingerprint density at radius 1 is 1.26 bits per heavy atom. The van der Waals surface area contributed by atoms with Crippen LogP contribution in [0.1, 0.15) is 10.5 Å². The van der Waals surface area contributed by atoms with Gasteiger partial charge in [0.2, 0.25) is 0 Å². The molecule has 1 heterocycles. The number of hydrogen-bond acceptors (Lipinski definition) is 5. The smallest absolute Gasteiger partial charge is 0.405 e. The van der Waals surface area contributed by atoms with Crippen LogP contribution in [0.4, 0.5) is 13.2 Å². The molecular formula is C12H11ClF3N3O4. The second-order valence-electron chi connectivity index (χ2n) is 4.09. The maximum atomic E-state index is 11.8. The summed E-state index contributed by atoms with van der Waals surface area (Å²) in [5.41, 5.74) is -0.0341. The SMILES string of the molecule is O=C(COC(=O)CNC(=O)c1cc(Cl)ccn1)NCC(F)(F)F. The number of pyridine rings is 1. The minimum atomic E-state index is -4.56. The quantitative estimate of drug-likeness (QED) is 0.733. The summed E-state index contributed by atoms with van der Waals surface area (Å²) in [5.74, 6) is -2.81. The Hall–Kier alpha value is -2.36. The number of nitrogens with one attached hydrogen (secondary N) is 2. The summed E-state index contributed by atoms with van der Waals surface area (Å²) in [6.45, 7) is -3.00. The molecule has 0 radical (unpaired) electrons. The number of esters is 1. The number of hydrogen-bond donors (Lipinski definition) is 2. The molecule has 0 aliphatic carbocycles. The molecule has 0 fully saturated rings. The van der Waals surface area contributed by atoms with E-state index in [0.717, 1.165) is 0 Å². The summed E-state index contributed by atoms with van der Waals surface area (Å²) in [4.78, 5) is 37.6. The molecule has 126 valence electrons. The van der Waals surface area contributed by atoms with Gasteiger partial charge < -0.3 is 15.4 Å². The number of aromatic nitrogens is 1. The zero-order valence-corrected chi connectivity index (χ0v) is 12.2. The largest absolute Gasteiger partial charge is 0.454 e. The maximum absolute atomic E-state index is 11.8. The van der Waals surface area contributed by atoms with Crippen molar-refractivity contribution in [3.8, 4) is 0 Å². The summed E-state index contributed by atoms with van der Waals surface area (Å²) in [7, 11) is 0. The molecule has 0 aromatic carbocycles. The van der Waals surface area contributed by atoms with E-state index in [1.165, 1.54) is 23.6 Å². The van der Waals surface area contributed by atoms with Gasteiger partial charge in [-0.25, -0.2) is 0 Å². The number of carbonyl (C=O) groups excluding carboxylic acids is 3. The van der Waals surface area contributed by atoms with Gasteiger partial charge in [0.05, 0.1) is 0 Å². The van der Waals surface area contributed by atoms with Gasteiger partial charge in [0.15, 0.2) is 6.61 Å². The highest BCUT2D eigenvalue weighted by Crippen LogP contribution is 2.11. The number of alkyl halides is 3. The van der Waals surface area contributed by atoms with E-state index >= 15 is 0 Å². The van der Waals surface area contributed by atoms with Gasteiger partial charge in [-0.3, -0.25) is 19.4 Å². The predicted molar refractivity (Wildman–Crippen MR) is 71.6 cm³/mol. The fourth-order valence-electron chi connectivity index (χ4n) is 1.22. The molecule has 11 heteroatoms. The Bertz CT molecular complexity index is 595. The molecule has 1 rings (SSSR count). The van der Waals surface area contributed by atoms with E-state index in [2.05, 4.69) is 15.0 Å². The van der Waals surface area contributed by atoms with Crippen molar-refractivity contribution in [1.29, 1.82) is 0 Å². The molecule has 1 aromatic rings. The van der Waals surface area contributed by atoms with Crippen molar-refractivity contribution in [2.75, 3.05) is 19.7 Å². The Kier molecular flexibility index (Phi) is 6.76. The molecule has 0 spiro atoms. The van der Waals surface area contributed by atoms with Gasteiger partial charge in [-0.1, -0.05) is 11.6 Å². The van der Waals surface area contributed by atoms with Gasteiger partial charge in [0, 0.05) is 11.2 Å². The minimum absolute atomic E-state index is 0.0341. The summed E-state index contributed by atoms with van der Waals surface area (Å²) >= 11 is 5.66. The second-order valence-corrected chi connectivity index (χ2v) is 4.53. The van der Waals surface area contributed by atoms with Gasteiger partial charge in [0.1, 0.15) is 18.8 Å². The molecule has 0 saturated heterocycles. The van der Waals surface area contributed by atoms with Crippen molar-refractivity contribution in [2.45, 2.75) is 6.18 Å². The normalized spacial score (nSPS) is 10.8. The first-order valence-electron chi connectivity index (χ1n) is 6.06. The Morgan fingerprint density at radius 3 is 2.57 bits per heavy atom. The summed E-state index contributed by atoms with van der Waals surface area (Å²) < 4.78 is 39.9. The van der Waals surface area contributed by atoms with Gasteiger partial charge in [-0.05, 0) is 12.1 Å². The van der Waals surface area contributed by atoms with Crippen LogP contribution in [-0.4, -0.2) is 48.6 Å². The third-order valence-electron chi connectivity index (χ3n) is 2.20. The summed E-state index contributed by atoms with van der Waals surface area (Å²) in [5, 5.41) is 3.95. The number of ether oxygens (including phenoxy) is 1. The zero-order chi connectivity index (χ0) is 17.5. The molecule has 2 amide bonds. The lowest BCUT2D eigenvalue weighted by atomic mass is 10.3. The van der Waals surface area contributed by atoms with E-state index in [9.17, 15) is 27.6 Å². The van der Waals surface area contributed by atoms with Crippen LogP contribution >= 0.6 is 11.6 Å². The Labute approximate surface area is 133 Å². The number of nitrogens with zero attached hydrogens (tertiary/aromatic N) is 1. The second kappa shape index (κ2) is 8.32. The fraction of sp³-hybridized carbons (Fsp3) is 0.333. The highest BCUT2D eigenvalue weighted by atomic mass is 35.5. The number of halogens is 4. The Morgan fingerprint density at radius 2 is 1.96 bits per heavy atom. The van der Waals surface area contributed by atoms with Crippen molar-refractivity contribution < 1.29 is 32.3 Å². The fourth-order valence-corrected chi connectivity index (χ4v) is 1.38. The van der Waals surface area contributed by atoms with Gasteiger partial charge in [-0.15, -0.1) is 0 Å². The van der Waals surface area contributed by atoms with Crippen LogP contribution < -0.4 is 10.6 Å². The molecule has 0 unspecified atom stereocenters. The first-order chi connectivity index (χ1) is 10.7. The van der Waals surface area contributed by atoms with E-state index in [-0.39, 0.29) is 10.7 Å². The highest BCUT2D eigenvalue weighted by Gasteiger charge is 2.27. The van der Waals surface area contributed by atoms with Crippen LogP contribution in [-0.2, 0) is 14.3 Å². The zero-order valence-electron chi connectivity index (χ0n) is 11.4. The third-order valence-corrected chi connectivity index (χ3v) is 2.43. The molecule has 1 aromatic heterocycles. The number of carbonyl (C=O) groups is 3. The lowest BCUT2D eigenvalue weighted by molar-refractivity contribution is -0.150. The topological polar surface area (TPSA) is 97.4 Å². The average molecular weight is 354 g/mol. The molecule has 23 heavy (non-hydrogen) atoms. The third kappa shape index (κ3) is 8.00. The van der Waals surface area contributed by atoms with E-state index in [4.69, 9.17) is 11.6 Å². The van der Waals surface area contributed by atoms with Crippen molar-refractivity contribution in [1.82, 2.24) is 15.6 Å². The van der Waals surface area contributed by atoms with Gasteiger partial charge >= 0.3 is 12.1 Å². The lowest BCUT2D eigenvalue weighted by Crippen LogP contribution is -2.37. The number of rotatable bonds is 6. The summed E-state index contributed by atoms with van der Waals surface area (Å²) in [6, 6.07) is 2.72. The van der Waals surface area contributed by atoms with Gasteiger partial charge in [-0.2, -0.15) is 13.2 Å². The average Bonchev–Trinajstić information content (AvgIpc) is 2.47. The van der Waals surface area contributed by atoms with Crippen molar-refractivity contribution >= 4 is 29.4 Å². The standard InChI is InChI=1S/C12H11ClF3N3O4/c13-7-1-2-17-8(3-7)11(22)18-4-10(21)23-5-9(20)19-6-12(14,15)16/h1-3H,4-6H2,(H,18,22)(H,19,20). The molecule has 0 atom stereocenters. The molecule has 0 bridgehead atoms. The van der Waals surface area contributed by atoms with Crippen LogP contribution in [0.3, 0.4) is 0 Å². The van der Waals surface area contributed by atoms with E-state index in [1.54, 1.807) is 0 Å². The van der Waals surface area contributed by atoms with E-state index < -0.39 is 43.7 Å². The highest BCUT2D eigenvalue weighted by molar-refractivity contribution is 6.30. The Balaban J connectivity index is 2.29. The van der Waals surface area contributed by atoms with Crippen LogP contribution in [0.5, 0.6) is 0 Å². The monoisotopic (exact) mass is 353 g/mol.